The predicted octanol–water partition coefficient (Wildman–Crippen LogP) is 0.985. The highest BCUT2D eigenvalue weighted by Gasteiger charge is 2.16. The van der Waals surface area contributed by atoms with E-state index in [0.717, 1.165) is 5.82 Å². The third-order valence-electron chi connectivity index (χ3n) is 2.46. The highest BCUT2D eigenvalue weighted by atomic mass is 35.5. The first-order chi connectivity index (χ1) is 8.13. The molecule has 0 aliphatic rings. The molecule has 2 rings (SSSR count). The van der Waals surface area contributed by atoms with Gasteiger partial charge in [0.15, 0.2) is 0 Å². The third-order valence-corrected chi connectivity index (χ3v) is 2.65. The van der Waals surface area contributed by atoms with Crippen LogP contribution in [0.4, 0.5) is 5.82 Å². The quantitative estimate of drug-likeness (QED) is 0.825. The summed E-state index contributed by atoms with van der Waals surface area (Å²) < 4.78 is 1.61. The molecular formula is C10H14ClN5O. The summed E-state index contributed by atoms with van der Waals surface area (Å²) in [5.74, 6) is 1.23. The molecule has 0 saturated heterocycles. The van der Waals surface area contributed by atoms with Crippen LogP contribution >= 0.6 is 11.6 Å². The van der Waals surface area contributed by atoms with Crippen LogP contribution in [-0.2, 0) is 0 Å². The van der Waals surface area contributed by atoms with Gasteiger partial charge in [-0.1, -0.05) is 11.6 Å². The SMILES string of the molecule is CC(C)N(CCO)c1cc(Cl)nc2ncnn12. The zero-order valence-corrected chi connectivity index (χ0v) is 10.5. The molecule has 92 valence electrons. The first-order valence-electron chi connectivity index (χ1n) is 5.37. The van der Waals surface area contributed by atoms with Crippen molar-refractivity contribution in [2.24, 2.45) is 0 Å². The molecule has 0 unspecified atom stereocenters. The molecule has 0 aromatic carbocycles. The van der Waals surface area contributed by atoms with Crippen LogP contribution in [0.5, 0.6) is 0 Å². The Bertz CT molecular complexity index is 512. The lowest BCUT2D eigenvalue weighted by Crippen LogP contribution is -2.35. The molecule has 2 aromatic rings. The van der Waals surface area contributed by atoms with E-state index in [4.69, 9.17) is 16.7 Å². The number of hydrogen-bond acceptors (Lipinski definition) is 5. The lowest BCUT2D eigenvalue weighted by molar-refractivity contribution is 0.298. The molecular weight excluding hydrogens is 242 g/mol. The minimum absolute atomic E-state index is 0.0638. The van der Waals surface area contributed by atoms with E-state index in [0.29, 0.717) is 17.5 Å². The fourth-order valence-corrected chi connectivity index (χ4v) is 1.89. The van der Waals surface area contributed by atoms with Crippen molar-refractivity contribution in [2.75, 3.05) is 18.1 Å². The summed E-state index contributed by atoms with van der Waals surface area (Å²) in [6.45, 7) is 4.64. The molecule has 0 aliphatic heterocycles. The Balaban J connectivity index is 2.54. The van der Waals surface area contributed by atoms with Crippen molar-refractivity contribution in [3.8, 4) is 0 Å². The molecule has 0 radical (unpaired) electrons. The second-order valence-electron chi connectivity index (χ2n) is 3.92. The average Bonchev–Trinajstić information content (AvgIpc) is 2.72. The zero-order chi connectivity index (χ0) is 12.4. The van der Waals surface area contributed by atoms with Crippen molar-refractivity contribution in [1.82, 2.24) is 19.6 Å². The summed E-state index contributed by atoms with van der Waals surface area (Å²) in [7, 11) is 0. The van der Waals surface area contributed by atoms with Crippen molar-refractivity contribution in [3.05, 3.63) is 17.5 Å². The van der Waals surface area contributed by atoms with Gasteiger partial charge in [-0.3, -0.25) is 0 Å². The zero-order valence-electron chi connectivity index (χ0n) is 9.71. The Kier molecular flexibility index (Phi) is 3.44. The van der Waals surface area contributed by atoms with Gasteiger partial charge in [-0.05, 0) is 13.8 Å². The van der Waals surface area contributed by atoms with Crippen LogP contribution in [0.2, 0.25) is 5.15 Å². The number of rotatable bonds is 4. The largest absolute Gasteiger partial charge is 0.395 e. The molecule has 0 atom stereocenters. The Morgan fingerprint density at radius 3 is 2.94 bits per heavy atom. The monoisotopic (exact) mass is 255 g/mol. The molecule has 7 heteroatoms. The average molecular weight is 256 g/mol. The summed E-state index contributed by atoms with van der Waals surface area (Å²) in [6.07, 6.45) is 1.43. The molecule has 0 bridgehead atoms. The fraction of sp³-hybridized carbons (Fsp3) is 0.500. The fourth-order valence-electron chi connectivity index (χ4n) is 1.72. The Morgan fingerprint density at radius 1 is 1.53 bits per heavy atom. The Morgan fingerprint density at radius 2 is 2.29 bits per heavy atom. The van der Waals surface area contributed by atoms with Crippen LogP contribution in [0.25, 0.3) is 5.78 Å². The highest BCUT2D eigenvalue weighted by Crippen LogP contribution is 2.20. The van der Waals surface area contributed by atoms with Crippen molar-refractivity contribution in [2.45, 2.75) is 19.9 Å². The number of fused-ring (bicyclic) bond motifs is 1. The Labute approximate surface area is 104 Å². The summed E-state index contributed by atoms with van der Waals surface area (Å²) in [6, 6.07) is 1.94. The van der Waals surface area contributed by atoms with Gasteiger partial charge in [-0.15, -0.1) is 0 Å². The highest BCUT2D eigenvalue weighted by molar-refractivity contribution is 6.29. The smallest absolute Gasteiger partial charge is 0.255 e. The molecule has 17 heavy (non-hydrogen) atoms. The minimum atomic E-state index is 0.0638. The van der Waals surface area contributed by atoms with Crippen LogP contribution in [-0.4, -0.2) is 43.9 Å². The number of nitrogens with zero attached hydrogens (tertiary/aromatic N) is 5. The normalized spacial score (nSPS) is 11.4. The van der Waals surface area contributed by atoms with E-state index in [1.165, 1.54) is 6.33 Å². The molecule has 0 fully saturated rings. The van der Waals surface area contributed by atoms with Crippen LogP contribution < -0.4 is 4.90 Å². The second-order valence-corrected chi connectivity index (χ2v) is 4.31. The third kappa shape index (κ3) is 2.32. The number of halogens is 1. The maximum atomic E-state index is 9.10. The van der Waals surface area contributed by atoms with E-state index in [2.05, 4.69) is 15.1 Å². The maximum Gasteiger partial charge on any atom is 0.255 e. The van der Waals surface area contributed by atoms with Gasteiger partial charge in [-0.2, -0.15) is 19.6 Å². The van der Waals surface area contributed by atoms with Crippen LogP contribution in [0, 0.1) is 0 Å². The predicted molar refractivity (Wildman–Crippen MR) is 65.4 cm³/mol. The van der Waals surface area contributed by atoms with Crippen molar-refractivity contribution in [3.63, 3.8) is 0 Å². The first kappa shape index (κ1) is 12.1. The van der Waals surface area contributed by atoms with Crippen molar-refractivity contribution in [1.29, 1.82) is 0 Å². The summed E-state index contributed by atoms with van der Waals surface area (Å²) in [4.78, 5) is 10.1. The number of anilines is 1. The molecule has 0 saturated carbocycles. The molecule has 0 amide bonds. The number of aliphatic hydroxyl groups is 1. The van der Waals surface area contributed by atoms with Gasteiger partial charge in [0.2, 0.25) is 0 Å². The number of hydrogen-bond donors (Lipinski definition) is 1. The second kappa shape index (κ2) is 4.85. The van der Waals surface area contributed by atoms with Gasteiger partial charge in [0.1, 0.15) is 17.3 Å². The number of aliphatic hydroxyl groups excluding tert-OH is 1. The van der Waals surface area contributed by atoms with Crippen molar-refractivity contribution < 1.29 is 5.11 Å². The summed E-state index contributed by atoms with van der Waals surface area (Å²) >= 11 is 5.95. The molecule has 6 nitrogen and oxygen atoms in total. The van der Waals surface area contributed by atoms with Crippen LogP contribution in [0.15, 0.2) is 12.4 Å². The number of aromatic nitrogens is 4. The van der Waals surface area contributed by atoms with Gasteiger partial charge < -0.3 is 10.0 Å². The van der Waals surface area contributed by atoms with Gasteiger partial charge in [-0.25, -0.2) is 0 Å². The van der Waals surface area contributed by atoms with Crippen LogP contribution in [0.1, 0.15) is 13.8 Å². The van der Waals surface area contributed by atoms with Gasteiger partial charge >= 0.3 is 0 Å². The van der Waals surface area contributed by atoms with Gasteiger partial charge in [0.05, 0.1) is 6.61 Å². The van der Waals surface area contributed by atoms with Crippen molar-refractivity contribution >= 4 is 23.2 Å². The van der Waals surface area contributed by atoms with E-state index in [-0.39, 0.29) is 12.6 Å². The lowest BCUT2D eigenvalue weighted by atomic mass is 10.3. The molecule has 2 aromatic heterocycles. The topological polar surface area (TPSA) is 66.5 Å². The van der Waals surface area contributed by atoms with E-state index in [1.54, 1.807) is 10.6 Å². The Hall–Kier alpha value is -1.40. The van der Waals surface area contributed by atoms with Gasteiger partial charge in [0, 0.05) is 18.7 Å². The standard InChI is InChI=1S/C10H14ClN5O/c1-7(2)15(3-4-17)9-5-8(11)14-10-12-6-13-16(9)10/h5-7,17H,3-4H2,1-2H3. The van der Waals surface area contributed by atoms with E-state index in [9.17, 15) is 0 Å². The molecule has 0 aliphatic carbocycles. The summed E-state index contributed by atoms with van der Waals surface area (Å²) in [5, 5.41) is 13.6. The maximum absolute atomic E-state index is 9.10. The van der Waals surface area contributed by atoms with Crippen LogP contribution in [0.3, 0.4) is 0 Å². The van der Waals surface area contributed by atoms with E-state index < -0.39 is 0 Å². The van der Waals surface area contributed by atoms with E-state index in [1.807, 2.05) is 18.7 Å². The minimum Gasteiger partial charge on any atom is -0.395 e. The molecule has 0 spiro atoms. The van der Waals surface area contributed by atoms with E-state index >= 15 is 0 Å². The van der Waals surface area contributed by atoms with Gasteiger partial charge in [0.25, 0.3) is 5.78 Å². The lowest BCUT2D eigenvalue weighted by Gasteiger charge is -2.28. The summed E-state index contributed by atoms with van der Waals surface area (Å²) in [5.41, 5.74) is 0. The molecule has 1 N–H and O–H groups in total. The molecule has 2 heterocycles. The first-order valence-corrected chi connectivity index (χ1v) is 5.75.